The highest BCUT2D eigenvalue weighted by atomic mass is 31.2. The third-order valence-electron chi connectivity index (χ3n) is 9.26. The molecule has 56 heavy (non-hydrogen) atoms. The molecular weight excluding hydrogens is 731 g/mol. The monoisotopic (exact) mass is 813 g/mol. The van der Waals surface area contributed by atoms with Crippen molar-refractivity contribution in [2.75, 3.05) is 26.4 Å². The van der Waals surface area contributed by atoms with E-state index in [0.717, 1.165) is 70.6 Å². The lowest BCUT2D eigenvalue weighted by atomic mass is 10.1. The lowest BCUT2D eigenvalue weighted by molar-refractivity contribution is -0.153. The van der Waals surface area contributed by atoms with Gasteiger partial charge in [-0.05, 0) is 77.0 Å². The topological polar surface area (TPSA) is 149 Å². The maximum atomic E-state index is 12.4. The smallest absolute Gasteiger partial charge is 0.457 e. The predicted octanol–water partition coefficient (Wildman–Crippen LogP) is 11.7. The van der Waals surface area contributed by atoms with E-state index in [-0.39, 0.29) is 12.8 Å². The third-order valence-corrected chi connectivity index (χ3v) is 10.2. The summed E-state index contributed by atoms with van der Waals surface area (Å²) in [5.41, 5.74) is 0. The van der Waals surface area contributed by atoms with Crippen LogP contribution < -0.4 is 0 Å². The van der Waals surface area contributed by atoms with Crippen molar-refractivity contribution in [2.45, 2.75) is 199 Å². The molecule has 0 aromatic carbocycles. The first-order chi connectivity index (χ1) is 27.3. The van der Waals surface area contributed by atoms with Crippen LogP contribution >= 0.6 is 7.82 Å². The fourth-order valence-electron chi connectivity index (χ4n) is 5.82. The number of rotatable bonds is 41. The molecule has 0 saturated heterocycles. The lowest BCUT2D eigenvalue weighted by Gasteiger charge is -2.20. The molecule has 0 aliphatic heterocycles. The first-order valence-electron chi connectivity index (χ1n) is 22.1. The van der Waals surface area contributed by atoms with Gasteiger partial charge in [0.15, 0.2) is 0 Å². The van der Waals surface area contributed by atoms with Crippen molar-refractivity contribution < 1.29 is 47.8 Å². The number of phosphoric ester groups is 1. The highest BCUT2D eigenvalue weighted by Crippen LogP contribution is 2.43. The van der Waals surface area contributed by atoms with Crippen LogP contribution in [-0.2, 0) is 32.7 Å². The van der Waals surface area contributed by atoms with Gasteiger partial charge >= 0.3 is 19.8 Å². The van der Waals surface area contributed by atoms with Crippen LogP contribution in [0.25, 0.3) is 0 Å². The number of hydrogen-bond donors (Lipinski definition) is 3. The van der Waals surface area contributed by atoms with E-state index in [1.54, 1.807) is 0 Å². The number of carbonyl (C=O) groups excluding carboxylic acids is 2. The van der Waals surface area contributed by atoms with E-state index in [0.29, 0.717) is 12.8 Å². The summed E-state index contributed by atoms with van der Waals surface area (Å²) in [5, 5.41) is 19.2. The highest BCUT2D eigenvalue weighted by Gasteiger charge is 2.27. The number of ether oxygens (including phenoxy) is 2. The second kappa shape index (κ2) is 41.1. The summed E-state index contributed by atoms with van der Waals surface area (Å²) in [6.45, 7) is 2.14. The Morgan fingerprint density at radius 1 is 0.482 bits per heavy atom. The molecule has 0 rings (SSSR count). The first-order valence-corrected chi connectivity index (χ1v) is 23.6. The Labute approximate surface area is 341 Å². The van der Waals surface area contributed by atoms with Gasteiger partial charge in [0.25, 0.3) is 0 Å². The average molecular weight is 813 g/mol. The van der Waals surface area contributed by atoms with E-state index in [1.165, 1.54) is 77.0 Å². The molecule has 326 valence electrons. The molecule has 0 amide bonds. The minimum Gasteiger partial charge on any atom is -0.457 e. The Morgan fingerprint density at radius 3 is 1.14 bits per heavy atom. The first kappa shape index (κ1) is 53.9. The minimum absolute atomic E-state index is 0.175. The van der Waals surface area contributed by atoms with Crippen LogP contribution in [0, 0.1) is 0 Å². The van der Waals surface area contributed by atoms with Crippen molar-refractivity contribution in [2.24, 2.45) is 0 Å². The molecule has 0 heterocycles. The molecule has 11 heteroatoms. The molecular formula is C45H81O10P. The lowest BCUT2D eigenvalue weighted by Crippen LogP contribution is -2.28. The number of aliphatic hydroxyl groups excluding tert-OH is 2. The van der Waals surface area contributed by atoms with Gasteiger partial charge in [-0.25, -0.2) is 4.57 Å². The zero-order valence-electron chi connectivity index (χ0n) is 35.3. The largest absolute Gasteiger partial charge is 0.472 e. The number of hydrogen-bond acceptors (Lipinski definition) is 9. The van der Waals surface area contributed by atoms with Crippen molar-refractivity contribution in [3.8, 4) is 0 Å². The summed E-state index contributed by atoms with van der Waals surface area (Å²) in [6.07, 6.45) is 43.6. The summed E-state index contributed by atoms with van der Waals surface area (Å²) >= 11 is 0. The fraction of sp³-hybridized carbons (Fsp3) is 0.778. The number of carbonyl (C=O) groups is 2. The molecule has 0 fully saturated rings. The molecule has 0 radical (unpaired) electrons. The van der Waals surface area contributed by atoms with E-state index in [4.69, 9.17) is 18.5 Å². The van der Waals surface area contributed by atoms with Gasteiger partial charge in [0.1, 0.15) is 12.2 Å². The summed E-state index contributed by atoms with van der Waals surface area (Å²) in [5.74, 6) is -1.04. The molecule has 0 saturated carbocycles. The van der Waals surface area contributed by atoms with Crippen molar-refractivity contribution in [1.29, 1.82) is 0 Å². The summed E-state index contributed by atoms with van der Waals surface area (Å²) < 4.78 is 32.6. The number of unbranched alkanes of at least 4 members (excludes halogenated alkanes) is 19. The Morgan fingerprint density at radius 2 is 0.786 bits per heavy atom. The SMILES string of the molecule is CCCCC/C=C\C/C=C\CCCCCCCCCC(=O)OC(CO)COP(=O)(O)OCC(CO)OC(=O)CCCCCCC/C=C\C/C=C\CCCCCC. The molecule has 3 unspecified atom stereocenters. The van der Waals surface area contributed by atoms with Crippen molar-refractivity contribution >= 4 is 19.8 Å². The van der Waals surface area contributed by atoms with Crippen LogP contribution in [0.2, 0.25) is 0 Å². The van der Waals surface area contributed by atoms with Gasteiger partial charge in [-0.15, -0.1) is 0 Å². The number of aliphatic hydroxyl groups is 2. The van der Waals surface area contributed by atoms with Crippen LogP contribution in [-0.4, -0.2) is 65.7 Å². The Hall–Kier alpha value is -2.07. The number of esters is 2. The zero-order valence-corrected chi connectivity index (χ0v) is 36.2. The molecule has 10 nitrogen and oxygen atoms in total. The molecule has 0 bridgehead atoms. The summed E-state index contributed by atoms with van der Waals surface area (Å²) in [7, 11) is -4.64. The van der Waals surface area contributed by atoms with E-state index in [2.05, 4.69) is 62.5 Å². The number of allylic oxidation sites excluding steroid dienone is 8. The minimum atomic E-state index is -4.64. The normalized spacial score (nSPS) is 14.3. The number of phosphoric acid groups is 1. The quantitative estimate of drug-likeness (QED) is 0.0236. The van der Waals surface area contributed by atoms with Crippen LogP contribution in [0.3, 0.4) is 0 Å². The van der Waals surface area contributed by atoms with Crippen molar-refractivity contribution in [3.63, 3.8) is 0 Å². The molecule has 0 spiro atoms. The van der Waals surface area contributed by atoms with E-state index in [9.17, 15) is 29.3 Å². The second-order valence-corrected chi connectivity index (χ2v) is 16.1. The van der Waals surface area contributed by atoms with Gasteiger partial charge in [-0.3, -0.25) is 18.6 Å². The van der Waals surface area contributed by atoms with Gasteiger partial charge in [0, 0.05) is 12.8 Å². The average Bonchev–Trinajstić information content (AvgIpc) is 3.19. The summed E-state index contributed by atoms with van der Waals surface area (Å²) in [4.78, 5) is 34.5. The van der Waals surface area contributed by atoms with Gasteiger partial charge in [0.05, 0.1) is 26.4 Å². The molecule has 0 aromatic heterocycles. The van der Waals surface area contributed by atoms with Gasteiger partial charge in [-0.1, -0.05) is 146 Å². The Bertz CT molecular complexity index is 1070. The predicted molar refractivity (Wildman–Crippen MR) is 228 cm³/mol. The third kappa shape index (κ3) is 38.8. The zero-order chi connectivity index (χ0) is 41.2. The Balaban J connectivity index is 3.95. The second-order valence-electron chi connectivity index (χ2n) is 14.7. The van der Waals surface area contributed by atoms with Gasteiger partial charge in [-0.2, -0.15) is 0 Å². The highest BCUT2D eigenvalue weighted by molar-refractivity contribution is 7.47. The van der Waals surface area contributed by atoms with Crippen LogP contribution in [0.5, 0.6) is 0 Å². The van der Waals surface area contributed by atoms with Gasteiger partial charge in [0.2, 0.25) is 0 Å². The van der Waals surface area contributed by atoms with E-state index >= 15 is 0 Å². The van der Waals surface area contributed by atoms with E-state index < -0.39 is 58.4 Å². The van der Waals surface area contributed by atoms with Crippen LogP contribution in [0.1, 0.15) is 187 Å². The standard InChI is InChI=1S/C45H81O10P/c1-3-5-7-9-11-13-15-17-19-21-23-25-27-29-31-33-35-37-45(49)55-43(39-47)41-53-56(50,51)52-40-42(38-46)54-44(48)36-34-32-30-28-26-24-22-20-18-16-14-12-10-8-6-4-2/h11,13-14,16-17,19-20,22,42-43,46-47H,3-10,12,15,18,21,23-41H2,1-2H3,(H,50,51)/b13-11-,16-14-,19-17-,22-20-. The van der Waals surface area contributed by atoms with Crippen molar-refractivity contribution in [3.05, 3.63) is 48.6 Å². The molecule has 3 atom stereocenters. The maximum absolute atomic E-state index is 12.4. The van der Waals surface area contributed by atoms with Crippen molar-refractivity contribution in [1.82, 2.24) is 0 Å². The Kier molecular flexibility index (Phi) is 39.6. The molecule has 0 aromatic rings. The molecule has 0 aliphatic carbocycles. The maximum Gasteiger partial charge on any atom is 0.472 e. The molecule has 3 N–H and O–H groups in total. The van der Waals surface area contributed by atoms with Gasteiger partial charge < -0.3 is 24.6 Å². The summed E-state index contributed by atoms with van der Waals surface area (Å²) in [6, 6.07) is 0. The fourth-order valence-corrected chi connectivity index (χ4v) is 6.61. The molecule has 0 aliphatic rings. The van der Waals surface area contributed by atoms with E-state index in [1.807, 2.05) is 0 Å². The van der Waals surface area contributed by atoms with Crippen LogP contribution in [0.4, 0.5) is 0 Å². The van der Waals surface area contributed by atoms with Crippen LogP contribution in [0.15, 0.2) is 48.6 Å².